The highest BCUT2D eigenvalue weighted by molar-refractivity contribution is 7.99. The number of carbonyl (C=O) groups is 2. The highest BCUT2D eigenvalue weighted by Gasteiger charge is 2.32. The van der Waals surface area contributed by atoms with Gasteiger partial charge < -0.3 is 14.5 Å². The molecule has 1 fully saturated rings. The van der Waals surface area contributed by atoms with Gasteiger partial charge in [-0.15, -0.1) is 11.8 Å². The van der Waals surface area contributed by atoms with Gasteiger partial charge in [0.05, 0.1) is 12.5 Å². The van der Waals surface area contributed by atoms with Crippen LogP contribution in [-0.2, 0) is 9.53 Å². The first kappa shape index (κ1) is 18.6. The maximum Gasteiger partial charge on any atom is 0.324 e. The predicted octanol–water partition coefficient (Wildman–Crippen LogP) is 3.31. The monoisotopic (exact) mass is 396 g/mol. The molecule has 144 valence electrons. The van der Waals surface area contributed by atoms with Crippen molar-refractivity contribution in [3.63, 3.8) is 0 Å². The lowest BCUT2D eigenvalue weighted by Gasteiger charge is -2.14. The van der Waals surface area contributed by atoms with Crippen molar-refractivity contribution in [2.24, 2.45) is 0 Å². The summed E-state index contributed by atoms with van der Waals surface area (Å²) in [6.45, 7) is -0.272. The second-order valence-electron chi connectivity index (χ2n) is 6.48. The van der Waals surface area contributed by atoms with Crippen molar-refractivity contribution in [1.82, 2.24) is 10.3 Å². The summed E-state index contributed by atoms with van der Waals surface area (Å²) in [5, 5.41) is 4.46. The molecule has 3 aromatic rings. The van der Waals surface area contributed by atoms with Crippen LogP contribution in [0.3, 0.4) is 0 Å². The first-order valence-electron chi connectivity index (χ1n) is 8.93. The third kappa shape index (κ3) is 3.76. The van der Waals surface area contributed by atoms with Gasteiger partial charge in [-0.1, -0.05) is 12.1 Å². The van der Waals surface area contributed by atoms with Gasteiger partial charge in [0.2, 0.25) is 0 Å². The summed E-state index contributed by atoms with van der Waals surface area (Å²) in [6, 6.07) is 14.4. The molecule has 4 rings (SSSR count). The Bertz CT molecular complexity index is 999. The van der Waals surface area contributed by atoms with E-state index in [2.05, 4.69) is 16.4 Å². The minimum Gasteiger partial charge on any atom is -0.497 e. The Hall–Kier alpha value is -2.77. The summed E-state index contributed by atoms with van der Waals surface area (Å²) in [6.07, 6.45) is 1.91. The minimum atomic E-state index is -0.437. The van der Waals surface area contributed by atoms with E-state index in [9.17, 15) is 9.59 Å². The molecule has 0 aliphatic carbocycles. The number of esters is 1. The number of hydrogen-bond acceptors (Lipinski definition) is 6. The van der Waals surface area contributed by atoms with Gasteiger partial charge in [-0.05, 0) is 42.0 Å². The lowest BCUT2D eigenvalue weighted by molar-refractivity contribution is -0.144. The molecule has 1 aliphatic rings. The van der Waals surface area contributed by atoms with E-state index in [1.54, 1.807) is 43.1 Å². The zero-order chi connectivity index (χ0) is 19.5. The van der Waals surface area contributed by atoms with Crippen LogP contribution in [0.1, 0.15) is 21.3 Å². The fourth-order valence-corrected chi connectivity index (χ4v) is 4.49. The number of thioether (sulfide) groups is 1. The van der Waals surface area contributed by atoms with E-state index in [-0.39, 0.29) is 17.8 Å². The van der Waals surface area contributed by atoms with Crippen LogP contribution in [0.4, 0.5) is 0 Å². The van der Waals surface area contributed by atoms with Gasteiger partial charge >= 0.3 is 5.97 Å². The zero-order valence-electron chi connectivity index (χ0n) is 15.3. The molecule has 1 saturated heterocycles. The van der Waals surface area contributed by atoms with E-state index >= 15 is 0 Å². The van der Waals surface area contributed by atoms with Crippen LogP contribution < -0.4 is 10.1 Å². The molecule has 0 unspecified atom stereocenters. The van der Waals surface area contributed by atoms with Crippen molar-refractivity contribution in [3.05, 3.63) is 65.9 Å². The van der Waals surface area contributed by atoms with Crippen molar-refractivity contribution in [2.45, 2.75) is 11.4 Å². The lowest BCUT2D eigenvalue weighted by Crippen LogP contribution is -2.36. The molecule has 2 N–H and O–H groups in total. The standard InChI is InChI=1S/C21H20N2O4S/c1-26-14-7-5-13(6-8-14)19(24)11-27-21(25)18-12-28-20(23-18)16-3-2-4-17-15(16)9-10-22-17/h2-10,18,20,22-23H,11-12H2,1H3/t18-,20+/m1/s1. The maximum atomic E-state index is 12.4. The van der Waals surface area contributed by atoms with Gasteiger partial charge in [-0.2, -0.15) is 0 Å². The summed E-state index contributed by atoms with van der Waals surface area (Å²) in [5.74, 6) is 0.624. The van der Waals surface area contributed by atoms with E-state index in [0.717, 1.165) is 16.5 Å². The molecular weight excluding hydrogens is 376 g/mol. The first-order chi connectivity index (χ1) is 13.7. The molecule has 0 radical (unpaired) electrons. The number of ether oxygens (including phenoxy) is 2. The number of Topliss-reactive ketones (excluding diaryl/α,β-unsaturated/α-hetero) is 1. The Morgan fingerprint density at radius 2 is 1.96 bits per heavy atom. The number of H-pyrrole nitrogens is 1. The van der Waals surface area contributed by atoms with Crippen LogP contribution in [0.25, 0.3) is 10.9 Å². The molecule has 1 aliphatic heterocycles. The molecule has 2 atom stereocenters. The van der Waals surface area contributed by atoms with Crippen LogP contribution in [0.5, 0.6) is 5.75 Å². The minimum absolute atomic E-state index is 0.00865. The number of methoxy groups -OCH3 is 1. The molecule has 0 saturated carbocycles. The summed E-state index contributed by atoms with van der Waals surface area (Å²) in [5.41, 5.74) is 2.68. The quantitative estimate of drug-likeness (QED) is 0.492. The number of nitrogens with one attached hydrogen (secondary N) is 2. The average molecular weight is 396 g/mol. The number of benzene rings is 2. The normalized spacial score (nSPS) is 18.9. The number of aromatic amines is 1. The summed E-state index contributed by atoms with van der Waals surface area (Å²) in [4.78, 5) is 27.8. The van der Waals surface area contributed by atoms with Crippen LogP contribution in [0, 0.1) is 0 Å². The van der Waals surface area contributed by atoms with Gasteiger partial charge in [-0.25, -0.2) is 0 Å². The molecule has 2 heterocycles. The van der Waals surface area contributed by atoms with Gasteiger partial charge in [0.1, 0.15) is 11.8 Å². The number of rotatable bonds is 6. The van der Waals surface area contributed by atoms with Crippen LogP contribution >= 0.6 is 11.8 Å². The largest absolute Gasteiger partial charge is 0.497 e. The summed E-state index contributed by atoms with van der Waals surface area (Å²) < 4.78 is 10.3. The van der Waals surface area contributed by atoms with Crippen LogP contribution in [-0.4, -0.2) is 42.2 Å². The number of carbonyl (C=O) groups excluding carboxylic acids is 2. The highest BCUT2D eigenvalue weighted by Crippen LogP contribution is 2.36. The summed E-state index contributed by atoms with van der Waals surface area (Å²) in [7, 11) is 1.56. The first-order valence-corrected chi connectivity index (χ1v) is 9.98. The molecular formula is C21H20N2O4S. The molecule has 7 heteroatoms. The Morgan fingerprint density at radius 3 is 2.75 bits per heavy atom. The number of hydrogen-bond donors (Lipinski definition) is 2. The van der Waals surface area contributed by atoms with Crippen molar-refractivity contribution < 1.29 is 19.1 Å². The van der Waals surface area contributed by atoms with E-state index < -0.39 is 12.0 Å². The molecule has 6 nitrogen and oxygen atoms in total. The molecule has 2 aromatic carbocycles. The van der Waals surface area contributed by atoms with Crippen molar-refractivity contribution in [3.8, 4) is 5.75 Å². The second kappa shape index (κ2) is 8.08. The van der Waals surface area contributed by atoms with E-state index in [1.807, 2.05) is 24.4 Å². The smallest absolute Gasteiger partial charge is 0.324 e. The average Bonchev–Trinajstić information content (AvgIpc) is 3.41. The fraction of sp³-hybridized carbons (Fsp3) is 0.238. The second-order valence-corrected chi connectivity index (χ2v) is 7.62. The van der Waals surface area contributed by atoms with Crippen LogP contribution in [0.2, 0.25) is 0 Å². The predicted molar refractivity (Wildman–Crippen MR) is 109 cm³/mol. The van der Waals surface area contributed by atoms with Crippen LogP contribution in [0.15, 0.2) is 54.7 Å². The Kier molecular flexibility index (Phi) is 5.36. The number of ketones is 1. The molecule has 0 bridgehead atoms. The molecule has 28 heavy (non-hydrogen) atoms. The van der Waals surface area contributed by atoms with E-state index in [4.69, 9.17) is 9.47 Å². The van der Waals surface area contributed by atoms with Gasteiger partial charge in [0.15, 0.2) is 12.4 Å². The molecule has 0 amide bonds. The lowest BCUT2D eigenvalue weighted by atomic mass is 10.1. The van der Waals surface area contributed by atoms with Gasteiger partial charge in [0, 0.05) is 28.4 Å². The third-order valence-electron chi connectivity index (χ3n) is 4.74. The third-order valence-corrected chi connectivity index (χ3v) is 5.98. The number of fused-ring (bicyclic) bond motifs is 1. The highest BCUT2D eigenvalue weighted by atomic mass is 32.2. The van der Waals surface area contributed by atoms with Crippen molar-refractivity contribution in [1.29, 1.82) is 0 Å². The van der Waals surface area contributed by atoms with Gasteiger partial charge in [0.25, 0.3) is 0 Å². The Labute approximate surface area is 166 Å². The Balaban J connectivity index is 1.34. The van der Waals surface area contributed by atoms with Crippen molar-refractivity contribution in [2.75, 3.05) is 19.5 Å². The SMILES string of the molecule is COc1ccc(C(=O)COC(=O)[C@H]2CS[C@@H](c3cccc4[nH]ccc34)N2)cc1. The van der Waals surface area contributed by atoms with E-state index in [1.165, 1.54) is 0 Å². The number of aromatic nitrogens is 1. The molecule has 0 spiro atoms. The molecule has 1 aromatic heterocycles. The Morgan fingerprint density at radius 1 is 1.14 bits per heavy atom. The van der Waals surface area contributed by atoms with Crippen molar-refractivity contribution >= 4 is 34.4 Å². The van der Waals surface area contributed by atoms with E-state index in [0.29, 0.717) is 17.1 Å². The zero-order valence-corrected chi connectivity index (χ0v) is 16.1. The van der Waals surface area contributed by atoms with Gasteiger partial charge in [-0.3, -0.25) is 14.9 Å². The fourth-order valence-electron chi connectivity index (χ4n) is 3.22. The summed E-state index contributed by atoms with van der Waals surface area (Å²) >= 11 is 1.66. The maximum absolute atomic E-state index is 12.4. The topological polar surface area (TPSA) is 80.4 Å².